The van der Waals surface area contributed by atoms with Crippen molar-refractivity contribution in [2.24, 2.45) is 0 Å². The third-order valence-electron chi connectivity index (χ3n) is 5.84. The van der Waals surface area contributed by atoms with Crippen molar-refractivity contribution in [2.75, 3.05) is 26.9 Å². The van der Waals surface area contributed by atoms with Crippen LogP contribution in [0.4, 0.5) is 0 Å². The lowest BCUT2D eigenvalue weighted by Gasteiger charge is -2.34. The monoisotopic (exact) mass is 401 g/mol. The van der Waals surface area contributed by atoms with Crippen LogP contribution < -0.4 is 4.74 Å². The van der Waals surface area contributed by atoms with E-state index >= 15 is 0 Å². The van der Waals surface area contributed by atoms with Crippen LogP contribution in [0.5, 0.6) is 5.75 Å². The van der Waals surface area contributed by atoms with Gasteiger partial charge < -0.3 is 23.5 Å². The van der Waals surface area contributed by atoms with E-state index in [0.29, 0.717) is 25.9 Å². The first-order chi connectivity index (χ1) is 14.2. The number of hydrogen-bond donors (Lipinski definition) is 0. The van der Waals surface area contributed by atoms with Gasteiger partial charge in [0.1, 0.15) is 6.10 Å². The van der Waals surface area contributed by atoms with Crippen LogP contribution >= 0.6 is 0 Å². The van der Waals surface area contributed by atoms with Crippen molar-refractivity contribution in [3.8, 4) is 5.75 Å². The lowest BCUT2D eigenvalue weighted by molar-refractivity contribution is -0.149. The maximum Gasteiger partial charge on any atom is 0.252 e. The second kappa shape index (κ2) is 9.18. The highest BCUT2D eigenvalue weighted by atomic mass is 16.5. The van der Waals surface area contributed by atoms with Crippen molar-refractivity contribution < 1.29 is 23.4 Å². The fourth-order valence-corrected chi connectivity index (χ4v) is 4.11. The topological polar surface area (TPSA) is 61.1 Å². The third kappa shape index (κ3) is 4.59. The first-order valence-corrected chi connectivity index (χ1v) is 10.8. The maximum atomic E-state index is 13.3. The van der Waals surface area contributed by atoms with E-state index in [0.717, 1.165) is 60.8 Å². The van der Waals surface area contributed by atoms with Gasteiger partial charge in [-0.25, -0.2) is 0 Å². The van der Waals surface area contributed by atoms with Crippen molar-refractivity contribution in [3.63, 3.8) is 0 Å². The largest absolute Gasteiger partial charge is 0.490 e. The highest BCUT2D eigenvalue weighted by Crippen LogP contribution is 2.39. The number of amides is 1. The van der Waals surface area contributed by atoms with E-state index in [-0.39, 0.29) is 18.1 Å². The van der Waals surface area contributed by atoms with Crippen LogP contribution in [0, 0.1) is 0 Å². The molecule has 2 aromatic rings. The molecule has 1 amide bonds. The number of hydrogen-bond acceptors (Lipinski definition) is 5. The molecule has 6 nitrogen and oxygen atoms in total. The number of carbonyl (C=O) groups is 1. The Balaban J connectivity index is 1.57. The van der Waals surface area contributed by atoms with Crippen LogP contribution in [0.15, 0.2) is 28.9 Å². The van der Waals surface area contributed by atoms with Gasteiger partial charge in [0.25, 0.3) is 5.91 Å². The number of nitrogens with zero attached hydrogens (tertiary/aromatic N) is 1. The van der Waals surface area contributed by atoms with E-state index in [1.54, 1.807) is 13.4 Å². The summed E-state index contributed by atoms with van der Waals surface area (Å²) in [5, 5.41) is 0.994. The fourth-order valence-electron chi connectivity index (χ4n) is 4.11. The summed E-state index contributed by atoms with van der Waals surface area (Å²) in [5.74, 6) is 0.858. The molecule has 2 aliphatic rings. The van der Waals surface area contributed by atoms with Gasteiger partial charge in [0.15, 0.2) is 11.3 Å². The molecule has 0 spiro atoms. The summed E-state index contributed by atoms with van der Waals surface area (Å²) in [4.78, 5) is 15.3. The zero-order valence-corrected chi connectivity index (χ0v) is 17.4. The number of benzene rings is 1. The van der Waals surface area contributed by atoms with Gasteiger partial charge in [-0.05, 0) is 62.8 Å². The van der Waals surface area contributed by atoms with Gasteiger partial charge in [-0.2, -0.15) is 0 Å². The molecule has 2 heterocycles. The summed E-state index contributed by atoms with van der Waals surface area (Å²) < 4.78 is 22.6. The van der Waals surface area contributed by atoms with E-state index in [9.17, 15) is 4.79 Å². The lowest BCUT2D eigenvalue weighted by atomic mass is 10.0. The highest BCUT2D eigenvalue weighted by molar-refractivity contribution is 5.85. The van der Waals surface area contributed by atoms with E-state index < -0.39 is 0 Å². The summed E-state index contributed by atoms with van der Waals surface area (Å²) in [5.41, 5.74) is 1.81. The molecule has 1 saturated heterocycles. The van der Waals surface area contributed by atoms with Crippen LogP contribution in [0.1, 0.15) is 57.1 Å². The van der Waals surface area contributed by atoms with Crippen LogP contribution in [-0.4, -0.2) is 49.9 Å². The summed E-state index contributed by atoms with van der Waals surface area (Å²) in [6.07, 6.45) is 7.25. The van der Waals surface area contributed by atoms with Crippen LogP contribution in [0.25, 0.3) is 11.0 Å². The predicted molar refractivity (Wildman–Crippen MR) is 110 cm³/mol. The third-order valence-corrected chi connectivity index (χ3v) is 5.84. The van der Waals surface area contributed by atoms with Crippen molar-refractivity contribution in [1.82, 2.24) is 4.90 Å². The standard InChI is InChI=1S/C23H31NO5/c1-16(24(19-7-8-19)23(25)20-6-3-4-11-27-20)18-14-17-9-13-29-22(17)21(15-18)28-12-5-10-26-2/h9,13-16,19-20H,3-8,10-12H2,1-2H3/t16-,20+/m0/s1. The zero-order chi connectivity index (χ0) is 20.2. The Morgan fingerprint density at radius 2 is 2.10 bits per heavy atom. The minimum atomic E-state index is -0.297. The molecule has 1 aromatic carbocycles. The summed E-state index contributed by atoms with van der Waals surface area (Å²) in [6, 6.07) is 6.35. The Morgan fingerprint density at radius 3 is 2.83 bits per heavy atom. The minimum Gasteiger partial charge on any atom is -0.490 e. The number of furan rings is 1. The highest BCUT2D eigenvalue weighted by Gasteiger charge is 2.40. The van der Waals surface area contributed by atoms with Crippen molar-refractivity contribution in [2.45, 2.75) is 63.6 Å². The Hall–Kier alpha value is -2.05. The molecule has 4 rings (SSSR count). The molecule has 2 atom stereocenters. The molecule has 1 aliphatic carbocycles. The Labute approximate surface area is 172 Å². The second-order valence-electron chi connectivity index (χ2n) is 8.06. The number of fused-ring (bicyclic) bond motifs is 1. The molecule has 1 aliphatic heterocycles. The van der Waals surface area contributed by atoms with Gasteiger partial charge in [-0.15, -0.1) is 0 Å². The van der Waals surface area contributed by atoms with Crippen LogP contribution in [0.3, 0.4) is 0 Å². The molecular formula is C23H31NO5. The van der Waals surface area contributed by atoms with E-state index in [4.69, 9.17) is 18.6 Å². The molecule has 0 unspecified atom stereocenters. The lowest BCUT2D eigenvalue weighted by Crippen LogP contribution is -2.44. The molecule has 1 saturated carbocycles. The van der Waals surface area contributed by atoms with Crippen LogP contribution in [-0.2, 0) is 14.3 Å². The zero-order valence-electron chi connectivity index (χ0n) is 17.4. The molecule has 29 heavy (non-hydrogen) atoms. The van der Waals surface area contributed by atoms with Crippen LogP contribution in [0.2, 0.25) is 0 Å². The Kier molecular flexibility index (Phi) is 6.40. The Morgan fingerprint density at radius 1 is 1.24 bits per heavy atom. The quantitative estimate of drug-likeness (QED) is 0.580. The van der Waals surface area contributed by atoms with Gasteiger partial charge in [0, 0.05) is 38.2 Å². The van der Waals surface area contributed by atoms with Gasteiger partial charge >= 0.3 is 0 Å². The Bertz CT molecular complexity index is 822. The number of ether oxygens (including phenoxy) is 3. The summed E-state index contributed by atoms with van der Waals surface area (Å²) in [7, 11) is 1.69. The normalized spacial score (nSPS) is 20.6. The van der Waals surface area contributed by atoms with Crippen molar-refractivity contribution >= 4 is 16.9 Å². The average molecular weight is 402 g/mol. The SMILES string of the molecule is COCCCOc1cc([C@H](C)N(C(=O)[C@H]2CCCCO2)C2CC2)cc2ccoc12. The van der Waals surface area contributed by atoms with Gasteiger partial charge in [0.05, 0.1) is 18.9 Å². The summed E-state index contributed by atoms with van der Waals surface area (Å²) in [6.45, 7) is 4.00. The van der Waals surface area contributed by atoms with Crippen molar-refractivity contribution in [3.05, 3.63) is 30.0 Å². The average Bonchev–Trinajstić information content (AvgIpc) is 3.46. The number of methoxy groups -OCH3 is 1. The molecule has 0 radical (unpaired) electrons. The second-order valence-corrected chi connectivity index (χ2v) is 8.06. The smallest absolute Gasteiger partial charge is 0.252 e. The van der Waals surface area contributed by atoms with E-state index in [1.807, 2.05) is 17.0 Å². The number of carbonyl (C=O) groups excluding carboxylic acids is 1. The molecular weight excluding hydrogens is 370 g/mol. The maximum absolute atomic E-state index is 13.3. The fraction of sp³-hybridized carbons (Fsp3) is 0.609. The first-order valence-electron chi connectivity index (χ1n) is 10.8. The first kappa shape index (κ1) is 20.2. The molecule has 2 fully saturated rings. The number of rotatable bonds is 9. The molecule has 158 valence electrons. The predicted octanol–water partition coefficient (Wildman–Crippen LogP) is 4.47. The molecule has 1 aromatic heterocycles. The van der Waals surface area contributed by atoms with Crippen molar-refractivity contribution in [1.29, 1.82) is 0 Å². The summed E-state index contributed by atoms with van der Waals surface area (Å²) >= 11 is 0. The van der Waals surface area contributed by atoms with E-state index in [2.05, 4.69) is 13.0 Å². The minimum absolute atomic E-state index is 0.0406. The molecule has 0 bridgehead atoms. The van der Waals surface area contributed by atoms with E-state index in [1.165, 1.54) is 0 Å². The molecule has 0 N–H and O–H groups in total. The van der Waals surface area contributed by atoms with Gasteiger partial charge in [0.2, 0.25) is 0 Å². The molecule has 6 heteroatoms. The van der Waals surface area contributed by atoms with Gasteiger partial charge in [-0.3, -0.25) is 4.79 Å². The van der Waals surface area contributed by atoms with Gasteiger partial charge in [-0.1, -0.05) is 0 Å².